The van der Waals surface area contributed by atoms with E-state index in [0.717, 1.165) is 0 Å². The molecule has 4 rings (SSSR count). The first-order chi connectivity index (χ1) is 20.9. The number of likely N-dealkylation sites (N-methyl/N-ethyl adjacent to an activating group) is 1. The molecule has 3 aromatic rings. The van der Waals surface area contributed by atoms with E-state index in [4.69, 9.17) is 21.1 Å². The maximum atomic E-state index is 13.5. The number of rotatable bonds is 9. The average Bonchev–Trinajstić information content (AvgIpc) is 3.04. The normalized spacial score (nSPS) is 17.7. The maximum Gasteiger partial charge on any atom is 0.321 e. The minimum Gasteiger partial charge on any atom is -0.497 e. The quantitative estimate of drug-likeness (QED) is 0.313. The summed E-state index contributed by atoms with van der Waals surface area (Å²) >= 11 is 5.91. The number of sulfonamides is 1. The summed E-state index contributed by atoms with van der Waals surface area (Å²) in [4.78, 5) is 29.7. The molecule has 13 heteroatoms. The van der Waals surface area contributed by atoms with Gasteiger partial charge in [0.2, 0.25) is 5.91 Å². The van der Waals surface area contributed by atoms with Gasteiger partial charge in [-0.25, -0.2) is 13.2 Å². The molecule has 3 N–H and O–H groups in total. The van der Waals surface area contributed by atoms with Gasteiger partial charge >= 0.3 is 6.03 Å². The third-order valence-electron chi connectivity index (χ3n) is 7.43. The zero-order chi connectivity index (χ0) is 32.0. The molecule has 1 heterocycles. The van der Waals surface area contributed by atoms with Crippen molar-refractivity contribution >= 4 is 44.9 Å². The highest BCUT2D eigenvalue weighted by molar-refractivity contribution is 7.92. The summed E-state index contributed by atoms with van der Waals surface area (Å²) in [5.74, 6) is 0.581. The zero-order valence-corrected chi connectivity index (χ0v) is 26.6. The molecule has 3 aromatic carbocycles. The van der Waals surface area contributed by atoms with Gasteiger partial charge in [0.1, 0.15) is 17.6 Å². The van der Waals surface area contributed by atoms with Crippen LogP contribution >= 0.6 is 11.6 Å². The number of aliphatic hydroxyl groups excluding tert-OH is 1. The summed E-state index contributed by atoms with van der Waals surface area (Å²) in [7, 11) is -0.719. The van der Waals surface area contributed by atoms with Crippen LogP contribution in [0.15, 0.2) is 71.6 Å². The number of hydrogen-bond donors (Lipinski definition) is 3. The van der Waals surface area contributed by atoms with Gasteiger partial charge in [0.25, 0.3) is 10.0 Å². The van der Waals surface area contributed by atoms with Gasteiger partial charge in [0, 0.05) is 41.5 Å². The van der Waals surface area contributed by atoms with Crippen molar-refractivity contribution in [3.8, 4) is 11.5 Å². The number of carbonyl (C=O) groups is 2. The largest absolute Gasteiger partial charge is 0.497 e. The number of nitrogens with one attached hydrogen (secondary N) is 2. The second-order valence-electron chi connectivity index (χ2n) is 10.8. The lowest BCUT2D eigenvalue weighted by Crippen LogP contribution is -2.48. The summed E-state index contributed by atoms with van der Waals surface area (Å²) in [5.41, 5.74) is 1.31. The Balaban J connectivity index is 1.60. The highest BCUT2D eigenvalue weighted by Crippen LogP contribution is 2.30. The zero-order valence-electron chi connectivity index (χ0n) is 25.0. The Morgan fingerprint density at radius 1 is 1.14 bits per heavy atom. The summed E-state index contributed by atoms with van der Waals surface area (Å²) in [6, 6.07) is 16.7. The van der Waals surface area contributed by atoms with E-state index in [0.29, 0.717) is 27.8 Å². The van der Waals surface area contributed by atoms with Gasteiger partial charge in [0.15, 0.2) is 0 Å². The first-order valence-electron chi connectivity index (χ1n) is 14.0. The Kier molecular flexibility index (Phi) is 10.6. The van der Waals surface area contributed by atoms with E-state index in [1.807, 2.05) is 6.92 Å². The first-order valence-corrected chi connectivity index (χ1v) is 15.9. The number of ether oxygens (including phenoxy) is 2. The number of benzene rings is 3. The number of urea groups is 1. The van der Waals surface area contributed by atoms with Crippen LogP contribution in [0.3, 0.4) is 0 Å². The van der Waals surface area contributed by atoms with Crippen LogP contribution in [0.4, 0.5) is 16.2 Å². The van der Waals surface area contributed by atoms with E-state index >= 15 is 0 Å². The summed E-state index contributed by atoms with van der Waals surface area (Å²) in [6.45, 7) is 3.91. The van der Waals surface area contributed by atoms with Crippen LogP contribution in [0, 0.1) is 5.92 Å². The molecular formula is C31H37ClN4O7S. The summed E-state index contributed by atoms with van der Waals surface area (Å²) in [6.07, 6.45) is -0.625. The van der Waals surface area contributed by atoms with Crippen molar-refractivity contribution < 1.29 is 32.6 Å². The van der Waals surface area contributed by atoms with E-state index in [1.165, 1.54) is 29.2 Å². The number of amides is 3. The Morgan fingerprint density at radius 3 is 2.43 bits per heavy atom. The van der Waals surface area contributed by atoms with E-state index in [2.05, 4.69) is 10.0 Å². The minimum atomic E-state index is -3.93. The molecule has 0 bridgehead atoms. The molecule has 0 spiro atoms. The minimum absolute atomic E-state index is 0.0329. The lowest BCUT2D eigenvalue weighted by Gasteiger charge is -2.34. The van der Waals surface area contributed by atoms with Crippen molar-refractivity contribution in [2.45, 2.75) is 37.3 Å². The Morgan fingerprint density at radius 2 is 1.80 bits per heavy atom. The van der Waals surface area contributed by atoms with Crippen molar-refractivity contribution in [3.63, 3.8) is 0 Å². The molecule has 3 amide bonds. The summed E-state index contributed by atoms with van der Waals surface area (Å²) < 4.78 is 40.2. The molecule has 0 radical (unpaired) electrons. The molecule has 0 saturated carbocycles. The molecule has 3 atom stereocenters. The van der Waals surface area contributed by atoms with Crippen molar-refractivity contribution in [3.05, 3.63) is 77.3 Å². The second-order valence-corrected chi connectivity index (χ2v) is 12.9. The smallest absolute Gasteiger partial charge is 0.321 e. The van der Waals surface area contributed by atoms with Crippen molar-refractivity contribution in [1.29, 1.82) is 0 Å². The monoisotopic (exact) mass is 644 g/mol. The predicted octanol–water partition coefficient (Wildman–Crippen LogP) is 4.46. The van der Waals surface area contributed by atoms with E-state index in [-0.39, 0.29) is 54.6 Å². The number of anilines is 2. The Hall–Kier alpha value is -4.00. The van der Waals surface area contributed by atoms with Gasteiger partial charge in [-0.1, -0.05) is 18.5 Å². The van der Waals surface area contributed by atoms with Crippen molar-refractivity contribution in [2.24, 2.45) is 5.92 Å². The molecule has 1 aliphatic rings. The molecule has 0 aromatic heterocycles. The van der Waals surface area contributed by atoms with Crippen LogP contribution in [0.2, 0.25) is 5.02 Å². The molecule has 0 saturated heterocycles. The Bertz CT molecular complexity index is 1570. The lowest BCUT2D eigenvalue weighted by molar-refractivity contribution is -0.134. The maximum absolute atomic E-state index is 13.5. The fourth-order valence-corrected chi connectivity index (χ4v) is 5.96. The molecule has 0 fully saturated rings. The van der Waals surface area contributed by atoms with Crippen molar-refractivity contribution in [2.75, 3.05) is 43.9 Å². The molecule has 0 aliphatic carbocycles. The van der Waals surface area contributed by atoms with Gasteiger partial charge in [0.05, 0.1) is 37.6 Å². The van der Waals surface area contributed by atoms with Gasteiger partial charge in [-0.15, -0.1) is 0 Å². The molecule has 0 unspecified atom stereocenters. The summed E-state index contributed by atoms with van der Waals surface area (Å²) in [5, 5.41) is 13.2. The molecule has 236 valence electrons. The Labute approximate surface area is 262 Å². The fraction of sp³-hybridized carbons (Fsp3) is 0.355. The molecule has 11 nitrogen and oxygen atoms in total. The highest BCUT2D eigenvalue weighted by Gasteiger charge is 2.32. The van der Waals surface area contributed by atoms with Crippen LogP contribution in [-0.2, 0) is 21.2 Å². The number of nitrogens with zero attached hydrogens (tertiary/aromatic N) is 2. The van der Waals surface area contributed by atoms with E-state index in [9.17, 15) is 23.1 Å². The lowest BCUT2D eigenvalue weighted by atomic mass is 10.0. The van der Waals surface area contributed by atoms with Crippen LogP contribution in [-0.4, -0.2) is 81.3 Å². The number of fused-ring (bicyclic) bond motifs is 1. The van der Waals surface area contributed by atoms with Crippen LogP contribution in [0.25, 0.3) is 0 Å². The van der Waals surface area contributed by atoms with Gasteiger partial charge in [-0.3, -0.25) is 9.52 Å². The van der Waals surface area contributed by atoms with Crippen LogP contribution in [0.1, 0.15) is 19.4 Å². The number of halogens is 1. The highest BCUT2D eigenvalue weighted by atomic mass is 35.5. The first kappa shape index (κ1) is 32.9. The SMILES string of the molecule is COc1ccc(NC(=O)N(C)C[C@H]2Oc3ccc(NS(=O)(=O)c4ccc(Cl)cc4)cc3CC(=O)N([C@H](C)CO)C[C@@H]2C)cc1. The number of hydrogen-bond acceptors (Lipinski definition) is 7. The number of carbonyl (C=O) groups excluding carboxylic acids is 2. The third kappa shape index (κ3) is 8.13. The van der Waals surface area contributed by atoms with Gasteiger partial charge in [-0.2, -0.15) is 0 Å². The third-order valence-corrected chi connectivity index (χ3v) is 9.08. The van der Waals surface area contributed by atoms with Crippen molar-refractivity contribution in [1.82, 2.24) is 9.80 Å². The number of methoxy groups -OCH3 is 1. The van der Waals surface area contributed by atoms with Crippen LogP contribution < -0.4 is 19.5 Å². The topological polar surface area (TPSA) is 138 Å². The van der Waals surface area contributed by atoms with E-state index in [1.54, 1.807) is 68.4 Å². The molecular weight excluding hydrogens is 608 g/mol. The number of aliphatic hydroxyl groups is 1. The van der Waals surface area contributed by atoms with Gasteiger partial charge in [-0.05, 0) is 73.7 Å². The van der Waals surface area contributed by atoms with Gasteiger partial charge < -0.3 is 29.7 Å². The standard InChI is InChI=1S/C31H37ClN4O7S/c1-20-17-36(21(2)19-37)30(38)16-22-15-25(34-44(40,41)27-12-5-23(32)6-13-27)9-14-28(22)43-29(20)18-35(3)31(39)33-24-7-10-26(42-4)11-8-24/h5-15,20-21,29,34,37H,16-19H2,1-4H3,(H,33,39)/t20-,21+,29+/m0/s1. The average molecular weight is 645 g/mol. The second kappa shape index (κ2) is 14.2. The fourth-order valence-electron chi connectivity index (χ4n) is 4.78. The predicted molar refractivity (Wildman–Crippen MR) is 169 cm³/mol. The van der Waals surface area contributed by atoms with E-state index < -0.39 is 22.2 Å². The molecule has 44 heavy (non-hydrogen) atoms. The van der Waals surface area contributed by atoms with Crippen LogP contribution in [0.5, 0.6) is 11.5 Å². The molecule has 1 aliphatic heterocycles.